The van der Waals surface area contributed by atoms with Crippen LogP contribution in [0.5, 0.6) is 5.75 Å². The number of benzene rings is 1. The second kappa shape index (κ2) is 8.23. The van der Waals surface area contributed by atoms with Crippen LogP contribution in [-0.2, 0) is 27.8 Å². The van der Waals surface area contributed by atoms with Gasteiger partial charge < -0.3 is 14.5 Å². The first kappa shape index (κ1) is 18.9. The van der Waals surface area contributed by atoms with Gasteiger partial charge in [-0.3, -0.25) is 9.52 Å². The molecular weight excluding hydrogens is 390 g/mol. The van der Waals surface area contributed by atoms with E-state index >= 15 is 0 Å². The molecule has 0 unspecified atom stereocenters. The first-order valence-electron chi connectivity index (χ1n) is 7.86. The topological polar surface area (TPSA) is 111 Å². The number of thiazole rings is 1. The van der Waals surface area contributed by atoms with Crippen molar-refractivity contribution in [2.24, 2.45) is 0 Å². The van der Waals surface area contributed by atoms with Crippen molar-refractivity contribution in [3.8, 4) is 5.75 Å². The Hall–Kier alpha value is -2.85. The van der Waals surface area contributed by atoms with E-state index in [2.05, 4.69) is 15.0 Å². The average Bonchev–Trinajstić information content (AvgIpc) is 3.32. The zero-order valence-corrected chi connectivity index (χ0v) is 16.0. The van der Waals surface area contributed by atoms with Crippen molar-refractivity contribution in [3.05, 3.63) is 59.5 Å². The normalized spacial score (nSPS) is 11.1. The zero-order valence-electron chi connectivity index (χ0n) is 14.3. The molecule has 3 rings (SSSR count). The molecule has 0 spiro atoms. The van der Waals surface area contributed by atoms with Gasteiger partial charge >= 0.3 is 0 Å². The van der Waals surface area contributed by atoms with Gasteiger partial charge in [0.15, 0.2) is 5.13 Å². The zero-order chi connectivity index (χ0) is 19.3. The molecule has 1 amide bonds. The van der Waals surface area contributed by atoms with E-state index in [-0.39, 0.29) is 28.9 Å². The fourth-order valence-corrected chi connectivity index (χ4v) is 4.15. The van der Waals surface area contributed by atoms with Crippen LogP contribution in [0.15, 0.2) is 57.4 Å². The van der Waals surface area contributed by atoms with Gasteiger partial charge in [0, 0.05) is 5.38 Å². The van der Waals surface area contributed by atoms with Gasteiger partial charge in [0.05, 0.1) is 36.9 Å². The van der Waals surface area contributed by atoms with Gasteiger partial charge in [0.2, 0.25) is 5.91 Å². The largest absolute Gasteiger partial charge is 0.497 e. The highest BCUT2D eigenvalue weighted by atomic mass is 32.2. The second-order valence-corrected chi connectivity index (χ2v) is 8.00. The number of rotatable bonds is 8. The Morgan fingerprint density at radius 1 is 1.26 bits per heavy atom. The maximum Gasteiger partial charge on any atom is 0.263 e. The number of carbonyl (C=O) groups excluding carboxylic acids is 1. The van der Waals surface area contributed by atoms with E-state index in [4.69, 9.17) is 9.15 Å². The van der Waals surface area contributed by atoms with Gasteiger partial charge in [-0.15, -0.1) is 11.3 Å². The number of aromatic nitrogens is 1. The Kier molecular flexibility index (Phi) is 5.77. The molecule has 0 fully saturated rings. The Bertz CT molecular complexity index is 996. The van der Waals surface area contributed by atoms with Gasteiger partial charge in [0.25, 0.3) is 10.0 Å². The third-order valence-corrected chi connectivity index (χ3v) is 5.82. The highest BCUT2D eigenvalue weighted by Gasteiger charge is 2.17. The molecule has 1 aromatic carbocycles. The summed E-state index contributed by atoms with van der Waals surface area (Å²) in [4.78, 5) is 16.2. The second-order valence-electron chi connectivity index (χ2n) is 5.46. The lowest BCUT2D eigenvalue weighted by molar-refractivity contribution is -0.120. The van der Waals surface area contributed by atoms with Crippen molar-refractivity contribution in [2.45, 2.75) is 17.9 Å². The lowest BCUT2D eigenvalue weighted by Crippen LogP contribution is -2.24. The number of ether oxygens (including phenoxy) is 1. The van der Waals surface area contributed by atoms with Crippen molar-refractivity contribution >= 4 is 32.4 Å². The predicted octanol–water partition coefficient (Wildman–Crippen LogP) is 2.40. The minimum absolute atomic E-state index is 0.0431. The summed E-state index contributed by atoms with van der Waals surface area (Å²) in [5, 5.41) is 4.54. The van der Waals surface area contributed by atoms with Gasteiger partial charge in [-0.25, -0.2) is 13.4 Å². The van der Waals surface area contributed by atoms with Crippen LogP contribution >= 0.6 is 11.3 Å². The molecule has 0 aliphatic heterocycles. The molecule has 2 N–H and O–H groups in total. The van der Waals surface area contributed by atoms with E-state index in [0.29, 0.717) is 17.2 Å². The van der Waals surface area contributed by atoms with Crippen LogP contribution in [0.1, 0.15) is 11.5 Å². The number of nitrogens with zero attached hydrogens (tertiary/aromatic N) is 1. The number of carbonyl (C=O) groups is 1. The summed E-state index contributed by atoms with van der Waals surface area (Å²) in [5.74, 6) is 0.974. The number of furan rings is 1. The van der Waals surface area contributed by atoms with E-state index < -0.39 is 10.0 Å². The minimum atomic E-state index is -3.76. The Labute approximate surface area is 160 Å². The molecule has 27 heavy (non-hydrogen) atoms. The summed E-state index contributed by atoms with van der Waals surface area (Å²) >= 11 is 1.11. The number of nitrogens with one attached hydrogen (secondary N) is 2. The Morgan fingerprint density at radius 2 is 2.04 bits per heavy atom. The monoisotopic (exact) mass is 407 g/mol. The molecule has 0 atom stereocenters. The average molecular weight is 407 g/mol. The van der Waals surface area contributed by atoms with E-state index in [1.165, 1.54) is 25.5 Å². The molecule has 0 aliphatic rings. The fraction of sp³-hybridized carbons (Fsp3) is 0.176. The third kappa shape index (κ3) is 5.08. The number of sulfonamides is 1. The molecular formula is C17H17N3O5S2. The Morgan fingerprint density at radius 3 is 2.70 bits per heavy atom. The number of hydrogen-bond donors (Lipinski definition) is 2. The van der Waals surface area contributed by atoms with Crippen LogP contribution in [0, 0.1) is 0 Å². The molecule has 0 aliphatic carbocycles. The molecule has 0 radical (unpaired) electrons. The molecule has 2 aromatic heterocycles. The highest BCUT2D eigenvalue weighted by molar-refractivity contribution is 7.93. The van der Waals surface area contributed by atoms with Gasteiger partial charge in [0.1, 0.15) is 11.5 Å². The van der Waals surface area contributed by atoms with Crippen LogP contribution in [0.4, 0.5) is 5.13 Å². The van der Waals surface area contributed by atoms with Crippen molar-refractivity contribution in [1.82, 2.24) is 10.3 Å². The van der Waals surface area contributed by atoms with Crippen molar-refractivity contribution in [2.75, 3.05) is 11.8 Å². The molecule has 3 aromatic rings. The van der Waals surface area contributed by atoms with Gasteiger partial charge in [-0.1, -0.05) is 0 Å². The summed E-state index contributed by atoms with van der Waals surface area (Å²) < 4.78 is 37.3. The van der Waals surface area contributed by atoms with E-state index in [9.17, 15) is 13.2 Å². The highest BCUT2D eigenvalue weighted by Crippen LogP contribution is 2.22. The molecule has 8 nitrogen and oxygen atoms in total. The SMILES string of the molecule is COc1ccc(S(=O)(=O)Nc2nc(CC(=O)NCc3ccco3)cs2)cc1. The number of anilines is 1. The first-order chi connectivity index (χ1) is 13.0. The minimum Gasteiger partial charge on any atom is -0.497 e. The molecule has 10 heteroatoms. The Balaban J connectivity index is 1.58. The molecule has 0 saturated heterocycles. The fourth-order valence-electron chi connectivity index (χ4n) is 2.19. The predicted molar refractivity (Wildman–Crippen MR) is 100 cm³/mol. The van der Waals surface area contributed by atoms with Crippen LogP contribution < -0.4 is 14.8 Å². The van der Waals surface area contributed by atoms with Crippen molar-refractivity contribution < 1.29 is 22.4 Å². The van der Waals surface area contributed by atoms with E-state index in [0.717, 1.165) is 11.3 Å². The van der Waals surface area contributed by atoms with Crippen LogP contribution in [0.2, 0.25) is 0 Å². The van der Waals surface area contributed by atoms with Crippen LogP contribution in [-0.4, -0.2) is 26.4 Å². The lowest BCUT2D eigenvalue weighted by atomic mass is 10.3. The summed E-state index contributed by atoms with van der Waals surface area (Å²) in [7, 11) is -2.26. The summed E-state index contributed by atoms with van der Waals surface area (Å²) in [6.07, 6.45) is 1.57. The number of methoxy groups -OCH3 is 1. The number of hydrogen-bond acceptors (Lipinski definition) is 7. The first-order valence-corrected chi connectivity index (χ1v) is 10.2. The standard InChI is InChI=1S/C17H17N3O5S2/c1-24-13-4-6-15(7-5-13)27(22,23)20-17-19-12(11-26-17)9-16(21)18-10-14-3-2-8-25-14/h2-8,11H,9-10H2,1H3,(H,18,21)(H,19,20). The molecule has 0 bridgehead atoms. The summed E-state index contributed by atoms with van der Waals surface area (Å²) in [5.41, 5.74) is 0.476. The van der Waals surface area contributed by atoms with E-state index in [1.54, 1.807) is 29.6 Å². The maximum atomic E-state index is 12.4. The van der Waals surface area contributed by atoms with Gasteiger partial charge in [-0.2, -0.15) is 0 Å². The lowest BCUT2D eigenvalue weighted by Gasteiger charge is -2.06. The smallest absolute Gasteiger partial charge is 0.263 e. The van der Waals surface area contributed by atoms with Crippen molar-refractivity contribution in [1.29, 1.82) is 0 Å². The number of amides is 1. The molecule has 0 saturated carbocycles. The van der Waals surface area contributed by atoms with Crippen molar-refractivity contribution in [3.63, 3.8) is 0 Å². The molecule has 142 valence electrons. The summed E-state index contributed by atoms with van der Waals surface area (Å²) in [6, 6.07) is 9.50. The maximum absolute atomic E-state index is 12.4. The molecule has 2 heterocycles. The van der Waals surface area contributed by atoms with Crippen LogP contribution in [0.25, 0.3) is 0 Å². The van der Waals surface area contributed by atoms with E-state index in [1.807, 2.05) is 0 Å². The van der Waals surface area contributed by atoms with Crippen LogP contribution in [0.3, 0.4) is 0 Å². The van der Waals surface area contributed by atoms with Gasteiger partial charge in [-0.05, 0) is 36.4 Å². The quantitative estimate of drug-likeness (QED) is 0.593. The summed E-state index contributed by atoms with van der Waals surface area (Å²) in [6.45, 7) is 0.285. The third-order valence-electron chi connectivity index (χ3n) is 3.52.